The molecule has 68 valence electrons. The first kappa shape index (κ1) is 9.18. The van der Waals surface area contributed by atoms with E-state index in [0.717, 1.165) is 12.5 Å². The molecule has 4 nitrogen and oxygen atoms in total. The van der Waals surface area contributed by atoms with E-state index in [9.17, 15) is 12.3 Å². The van der Waals surface area contributed by atoms with Crippen molar-refractivity contribution >= 4 is 10.2 Å². The van der Waals surface area contributed by atoms with Gasteiger partial charge in [-0.3, -0.25) is 4.68 Å². The van der Waals surface area contributed by atoms with Gasteiger partial charge in [-0.1, -0.05) is 10.8 Å². The predicted molar refractivity (Wildman–Crippen MR) is 40.8 cm³/mol. The van der Waals surface area contributed by atoms with Gasteiger partial charge < -0.3 is 0 Å². The molecular weight excluding hydrogens is 183 g/mol. The van der Waals surface area contributed by atoms with Crippen molar-refractivity contribution in [3.63, 3.8) is 0 Å². The molecule has 0 amide bonds. The fraction of sp³-hybridized carbons (Fsp3) is 0.500. The Bertz CT molecular complexity index is 357. The summed E-state index contributed by atoms with van der Waals surface area (Å²) in [4.78, 5) is 0. The van der Waals surface area contributed by atoms with E-state index in [1.807, 2.05) is 6.92 Å². The van der Waals surface area contributed by atoms with Gasteiger partial charge in [-0.15, -0.1) is 0 Å². The van der Waals surface area contributed by atoms with Crippen LogP contribution in [0.1, 0.15) is 13.3 Å². The summed E-state index contributed by atoms with van der Waals surface area (Å²) in [7, 11) is -4.63. The summed E-state index contributed by atoms with van der Waals surface area (Å²) in [5, 5.41) is 3.01. The molecular formula is C6H9FN2O2S. The van der Waals surface area contributed by atoms with Crippen LogP contribution in [0.25, 0.3) is 0 Å². The van der Waals surface area contributed by atoms with Crippen molar-refractivity contribution in [3.05, 3.63) is 12.3 Å². The number of rotatable bonds is 3. The Hall–Kier alpha value is -0.910. The van der Waals surface area contributed by atoms with Crippen LogP contribution in [0.4, 0.5) is 3.89 Å². The van der Waals surface area contributed by atoms with Crippen molar-refractivity contribution in [2.75, 3.05) is 0 Å². The first-order chi connectivity index (χ1) is 5.54. The molecule has 1 aromatic heterocycles. The lowest BCUT2D eigenvalue weighted by Gasteiger charge is -1.94. The molecule has 1 heterocycles. The molecule has 0 fully saturated rings. The molecule has 12 heavy (non-hydrogen) atoms. The molecule has 0 saturated carbocycles. The highest BCUT2D eigenvalue weighted by atomic mass is 32.3. The van der Waals surface area contributed by atoms with E-state index < -0.39 is 15.2 Å². The van der Waals surface area contributed by atoms with Gasteiger partial charge in [0.05, 0.1) is 0 Å². The van der Waals surface area contributed by atoms with Gasteiger partial charge in [-0.25, -0.2) is 0 Å². The third-order valence-electron chi connectivity index (χ3n) is 1.32. The van der Waals surface area contributed by atoms with Crippen LogP contribution in [0, 0.1) is 0 Å². The molecule has 0 radical (unpaired) electrons. The minimum absolute atomic E-state index is 0.518. The largest absolute Gasteiger partial charge is 0.351 e. The molecule has 0 aliphatic carbocycles. The number of nitrogens with zero attached hydrogens (tertiary/aromatic N) is 2. The van der Waals surface area contributed by atoms with Gasteiger partial charge in [0.25, 0.3) is 0 Å². The number of hydrogen-bond donors (Lipinski definition) is 0. The van der Waals surface area contributed by atoms with Crippen LogP contribution >= 0.6 is 0 Å². The Kier molecular flexibility index (Phi) is 2.46. The van der Waals surface area contributed by atoms with E-state index in [2.05, 4.69) is 5.10 Å². The average Bonchev–Trinajstić information content (AvgIpc) is 2.35. The maximum atomic E-state index is 12.3. The molecule has 0 spiro atoms. The Labute approximate surface area is 70.2 Å². The van der Waals surface area contributed by atoms with Crippen LogP contribution in [0.2, 0.25) is 0 Å². The highest BCUT2D eigenvalue weighted by molar-refractivity contribution is 7.86. The summed E-state index contributed by atoms with van der Waals surface area (Å²) in [6.07, 6.45) is 2.27. The molecule has 1 aromatic rings. The minimum Gasteiger partial charge on any atom is -0.271 e. The highest BCUT2D eigenvalue weighted by Gasteiger charge is 2.14. The number of hydrogen-bond acceptors (Lipinski definition) is 3. The highest BCUT2D eigenvalue weighted by Crippen LogP contribution is 2.07. The van der Waals surface area contributed by atoms with E-state index in [1.54, 1.807) is 0 Å². The SMILES string of the molecule is CCCn1ccc(S(=O)(=O)F)n1. The average molecular weight is 192 g/mol. The van der Waals surface area contributed by atoms with Crippen molar-refractivity contribution < 1.29 is 12.3 Å². The predicted octanol–water partition coefficient (Wildman–Crippen LogP) is 0.951. The van der Waals surface area contributed by atoms with Crippen LogP contribution in [0.5, 0.6) is 0 Å². The second-order valence-corrected chi connectivity index (χ2v) is 3.65. The summed E-state index contributed by atoms with van der Waals surface area (Å²) in [6.45, 7) is 2.51. The molecule has 1 rings (SSSR count). The monoisotopic (exact) mass is 192 g/mol. The summed E-state index contributed by atoms with van der Waals surface area (Å²) in [5.41, 5.74) is 0. The van der Waals surface area contributed by atoms with Gasteiger partial charge in [0, 0.05) is 12.7 Å². The lowest BCUT2D eigenvalue weighted by Crippen LogP contribution is -2.00. The second-order valence-electron chi connectivity index (χ2n) is 2.35. The van der Waals surface area contributed by atoms with Crippen molar-refractivity contribution in [2.24, 2.45) is 0 Å². The Morgan fingerprint density at radius 3 is 2.75 bits per heavy atom. The summed E-state index contributed by atoms with van der Waals surface area (Å²) < 4.78 is 34.3. The molecule has 0 unspecified atom stereocenters. The topological polar surface area (TPSA) is 52.0 Å². The van der Waals surface area contributed by atoms with Crippen LogP contribution in [0.15, 0.2) is 17.3 Å². The molecule has 0 N–H and O–H groups in total. The quantitative estimate of drug-likeness (QED) is 0.670. The van der Waals surface area contributed by atoms with E-state index in [-0.39, 0.29) is 0 Å². The molecule has 0 saturated heterocycles. The van der Waals surface area contributed by atoms with E-state index in [4.69, 9.17) is 0 Å². The van der Waals surface area contributed by atoms with Gasteiger partial charge >= 0.3 is 10.2 Å². The van der Waals surface area contributed by atoms with E-state index >= 15 is 0 Å². The standard InChI is InChI=1S/C6H9FN2O2S/c1-2-4-9-5-3-6(8-9)12(7,10)11/h3,5H,2,4H2,1H3. The fourth-order valence-corrected chi connectivity index (χ4v) is 1.25. The fourth-order valence-electron chi connectivity index (χ4n) is 0.827. The Balaban J connectivity index is 2.92. The Morgan fingerprint density at radius 2 is 2.33 bits per heavy atom. The number of aryl methyl sites for hydroxylation is 1. The molecule has 0 aliphatic heterocycles. The zero-order chi connectivity index (χ0) is 9.19. The maximum Gasteiger partial charge on any atom is 0.351 e. The smallest absolute Gasteiger partial charge is 0.271 e. The zero-order valence-corrected chi connectivity index (χ0v) is 7.38. The summed E-state index contributed by atoms with van der Waals surface area (Å²) in [6, 6.07) is 1.14. The zero-order valence-electron chi connectivity index (χ0n) is 6.57. The minimum atomic E-state index is -4.63. The normalized spacial score (nSPS) is 11.8. The van der Waals surface area contributed by atoms with Crippen molar-refractivity contribution in [1.82, 2.24) is 9.78 Å². The third kappa shape index (κ3) is 2.04. The first-order valence-electron chi connectivity index (χ1n) is 3.52. The molecule has 0 aromatic carbocycles. The number of aromatic nitrogens is 2. The van der Waals surface area contributed by atoms with Crippen molar-refractivity contribution in [2.45, 2.75) is 24.9 Å². The van der Waals surface area contributed by atoms with Crippen LogP contribution in [-0.2, 0) is 16.8 Å². The second kappa shape index (κ2) is 3.22. The van der Waals surface area contributed by atoms with Crippen LogP contribution < -0.4 is 0 Å². The number of halogens is 1. The lowest BCUT2D eigenvalue weighted by molar-refractivity contribution is 0.535. The van der Waals surface area contributed by atoms with Gasteiger partial charge in [-0.2, -0.15) is 13.5 Å². The van der Waals surface area contributed by atoms with Crippen LogP contribution in [0.3, 0.4) is 0 Å². The first-order valence-corrected chi connectivity index (χ1v) is 4.90. The van der Waals surface area contributed by atoms with E-state index in [1.165, 1.54) is 10.9 Å². The van der Waals surface area contributed by atoms with Gasteiger partial charge in [0.15, 0.2) is 0 Å². The summed E-state index contributed by atoms with van der Waals surface area (Å²) >= 11 is 0. The van der Waals surface area contributed by atoms with Gasteiger partial charge in [0.2, 0.25) is 5.03 Å². The summed E-state index contributed by atoms with van der Waals surface area (Å²) in [5.74, 6) is 0. The Morgan fingerprint density at radius 1 is 1.67 bits per heavy atom. The lowest BCUT2D eigenvalue weighted by atomic mass is 10.5. The van der Waals surface area contributed by atoms with Crippen molar-refractivity contribution in [3.8, 4) is 0 Å². The van der Waals surface area contributed by atoms with Gasteiger partial charge in [0.1, 0.15) is 0 Å². The van der Waals surface area contributed by atoms with E-state index in [0.29, 0.717) is 6.54 Å². The molecule has 0 aliphatic rings. The molecule has 0 atom stereocenters. The van der Waals surface area contributed by atoms with Crippen LogP contribution in [-0.4, -0.2) is 18.2 Å². The van der Waals surface area contributed by atoms with Crippen molar-refractivity contribution in [1.29, 1.82) is 0 Å². The molecule has 6 heteroatoms. The maximum absolute atomic E-state index is 12.3. The van der Waals surface area contributed by atoms with Gasteiger partial charge in [-0.05, 0) is 12.5 Å². The molecule has 0 bridgehead atoms. The third-order valence-corrected chi connectivity index (χ3v) is 2.04.